The first-order valence-electron chi connectivity index (χ1n) is 14.9. The van der Waals surface area contributed by atoms with Gasteiger partial charge in [-0.2, -0.15) is 0 Å². The first kappa shape index (κ1) is 24.0. The minimum Gasteiger partial charge on any atom is -0.355 e. The molecule has 198 valence electrons. The van der Waals surface area contributed by atoms with Crippen molar-refractivity contribution < 1.29 is 9.59 Å². The van der Waals surface area contributed by atoms with E-state index in [9.17, 15) is 9.59 Å². The Bertz CT molecular complexity index is 1310. The molecule has 0 aliphatic heterocycles. The van der Waals surface area contributed by atoms with Crippen LogP contribution in [0.2, 0.25) is 0 Å². The summed E-state index contributed by atoms with van der Waals surface area (Å²) in [5, 5.41) is 7.68. The third-order valence-corrected chi connectivity index (χ3v) is 9.99. The number of aromatic nitrogens is 1. The lowest BCUT2D eigenvalue weighted by molar-refractivity contribution is -0.120. The zero-order valence-electron chi connectivity index (χ0n) is 22.2. The van der Waals surface area contributed by atoms with Crippen LogP contribution in [0, 0.1) is 23.7 Å². The molecule has 5 aliphatic rings. The van der Waals surface area contributed by atoms with Crippen molar-refractivity contribution in [2.75, 3.05) is 5.32 Å². The maximum absolute atomic E-state index is 13.4. The summed E-state index contributed by atoms with van der Waals surface area (Å²) in [7, 11) is 0. The molecule has 2 amide bonds. The van der Waals surface area contributed by atoms with Gasteiger partial charge < -0.3 is 15.6 Å². The van der Waals surface area contributed by atoms with Crippen molar-refractivity contribution in [3.8, 4) is 11.3 Å². The summed E-state index contributed by atoms with van der Waals surface area (Å²) < 4.78 is 0. The highest BCUT2D eigenvalue weighted by atomic mass is 16.2. The third kappa shape index (κ3) is 4.65. The Morgan fingerprint density at radius 2 is 1.45 bits per heavy atom. The van der Waals surface area contributed by atoms with E-state index < -0.39 is 0 Å². The van der Waals surface area contributed by atoms with Crippen LogP contribution in [0.1, 0.15) is 87.4 Å². The predicted molar refractivity (Wildman–Crippen MR) is 152 cm³/mol. The number of fused-ring (bicyclic) bond motifs is 1. The predicted octanol–water partition coefficient (Wildman–Crippen LogP) is 7.44. The minimum atomic E-state index is 0.0253. The van der Waals surface area contributed by atoms with Gasteiger partial charge in [0.1, 0.15) is 0 Å². The SMILES string of the molecule is O=C(NC12CC3CC(CC(C3)C1)C2)c1ccc2[nH]c(-c3ccc(NC(=O)C4CCCCCC4)cc3)cc2c1. The van der Waals surface area contributed by atoms with Crippen LogP contribution >= 0.6 is 0 Å². The molecule has 8 rings (SSSR count). The summed E-state index contributed by atoms with van der Waals surface area (Å²) in [6.45, 7) is 0. The maximum atomic E-state index is 13.4. The molecule has 0 atom stereocenters. The second-order valence-electron chi connectivity index (χ2n) is 12.9. The molecule has 3 aromatic rings. The number of nitrogens with one attached hydrogen (secondary N) is 3. The molecule has 5 aliphatic carbocycles. The van der Waals surface area contributed by atoms with E-state index in [1.54, 1.807) is 0 Å². The van der Waals surface area contributed by atoms with Gasteiger partial charge in [-0.05, 0) is 111 Å². The van der Waals surface area contributed by atoms with Crippen LogP contribution in [0.3, 0.4) is 0 Å². The molecule has 3 N–H and O–H groups in total. The van der Waals surface area contributed by atoms with Gasteiger partial charge in [-0.3, -0.25) is 9.59 Å². The van der Waals surface area contributed by atoms with Gasteiger partial charge in [0.25, 0.3) is 5.91 Å². The van der Waals surface area contributed by atoms with Crippen molar-refractivity contribution in [2.24, 2.45) is 23.7 Å². The van der Waals surface area contributed by atoms with Gasteiger partial charge in [-0.15, -0.1) is 0 Å². The summed E-state index contributed by atoms with van der Waals surface area (Å²) in [5.74, 6) is 2.81. The van der Waals surface area contributed by atoms with Gasteiger partial charge in [0.15, 0.2) is 0 Å². The number of rotatable bonds is 5. The standard InChI is InChI=1S/C33H39N3O2/c37-31(25-5-3-1-2-4-6-25)34-28-10-7-24(8-11-28)30-17-27-16-26(9-12-29(27)35-30)32(38)36-33-18-21-13-22(19-33)15-23(14-21)20-33/h7-12,16-17,21-23,25,35H,1-6,13-15,18-20H2,(H,34,37)(H,36,38). The monoisotopic (exact) mass is 509 g/mol. The highest BCUT2D eigenvalue weighted by Gasteiger charge is 2.51. The molecule has 4 bridgehead atoms. The number of hydrogen-bond acceptors (Lipinski definition) is 2. The molecule has 5 heteroatoms. The Labute approximate surface area is 225 Å². The summed E-state index contributed by atoms with van der Waals surface area (Å²) in [6, 6.07) is 16.2. The molecule has 5 fully saturated rings. The number of benzene rings is 2. The van der Waals surface area contributed by atoms with Gasteiger partial charge in [0, 0.05) is 39.3 Å². The molecule has 0 spiro atoms. The van der Waals surface area contributed by atoms with Crippen LogP contribution < -0.4 is 10.6 Å². The van der Waals surface area contributed by atoms with Crippen molar-refractivity contribution in [2.45, 2.75) is 82.6 Å². The largest absolute Gasteiger partial charge is 0.355 e. The van der Waals surface area contributed by atoms with Gasteiger partial charge in [0.05, 0.1) is 0 Å². The Hall–Kier alpha value is -3.08. The van der Waals surface area contributed by atoms with Crippen molar-refractivity contribution in [1.29, 1.82) is 0 Å². The first-order chi connectivity index (χ1) is 18.5. The fourth-order valence-corrected chi connectivity index (χ4v) is 8.53. The lowest BCUT2D eigenvalue weighted by Gasteiger charge is -2.56. The van der Waals surface area contributed by atoms with E-state index in [0.717, 1.165) is 76.8 Å². The van der Waals surface area contributed by atoms with Gasteiger partial charge in [-0.1, -0.05) is 37.8 Å². The molecule has 0 unspecified atom stereocenters. The Kier molecular flexibility index (Phi) is 6.05. The lowest BCUT2D eigenvalue weighted by Crippen LogP contribution is -2.59. The maximum Gasteiger partial charge on any atom is 0.251 e. The second-order valence-corrected chi connectivity index (χ2v) is 12.9. The lowest BCUT2D eigenvalue weighted by atomic mass is 9.53. The molecule has 0 saturated heterocycles. The zero-order chi connectivity index (χ0) is 25.7. The van der Waals surface area contributed by atoms with E-state index in [-0.39, 0.29) is 23.3 Å². The zero-order valence-corrected chi connectivity index (χ0v) is 22.2. The number of aromatic amines is 1. The first-order valence-corrected chi connectivity index (χ1v) is 14.9. The van der Waals surface area contributed by atoms with E-state index in [0.29, 0.717) is 0 Å². The van der Waals surface area contributed by atoms with E-state index in [4.69, 9.17) is 0 Å². The molecule has 2 aromatic carbocycles. The highest BCUT2D eigenvalue weighted by molar-refractivity contribution is 5.99. The summed E-state index contributed by atoms with van der Waals surface area (Å²) in [6.07, 6.45) is 14.4. The molecule has 38 heavy (non-hydrogen) atoms. The number of carbonyl (C=O) groups excluding carboxylic acids is 2. The Morgan fingerprint density at radius 1 is 0.789 bits per heavy atom. The van der Waals surface area contributed by atoms with Crippen molar-refractivity contribution in [3.05, 3.63) is 54.1 Å². The normalized spacial score (nSPS) is 28.8. The van der Waals surface area contributed by atoms with Crippen LogP contribution in [-0.4, -0.2) is 22.3 Å². The molecule has 1 aromatic heterocycles. The van der Waals surface area contributed by atoms with Gasteiger partial charge in [-0.25, -0.2) is 0 Å². The Morgan fingerprint density at radius 3 is 2.11 bits per heavy atom. The molecule has 1 heterocycles. The second kappa shape index (κ2) is 9.59. The van der Waals surface area contributed by atoms with E-state index in [1.807, 2.05) is 42.5 Å². The average molecular weight is 510 g/mol. The van der Waals surface area contributed by atoms with Gasteiger partial charge in [0.2, 0.25) is 5.91 Å². The smallest absolute Gasteiger partial charge is 0.251 e. The summed E-state index contributed by atoms with van der Waals surface area (Å²) in [4.78, 5) is 29.6. The number of amides is 2. The molecule has 0 radical (unpaired) electrons. The fraction of sp³-hybridized carbons (Fsp3) is 0.515. The minimum absolute atomic E-state index is 0.0253. The van der Waals surface area contributed by atoms with E-state index in [2.05, 4.69) is 21.7 Å². The Balaban J connectivity index is 1.04. The molecular formula is C33H39N3O2. The fourth-order valence-electron chi connectivity index (χ4n) is 8.53. The molecule has 5 nitrogen and oxygen atoms in total. The number of carbonyl (C=O) groups is 2. The topological polar surface area (TPSA) is 74.0 Å². The van der Waals surface area contributed by atoms with Gasteiger partial charge >= 0.3 is 0 Å². The van der Waals surface area contributed by atoms with E-state index in [1.165, 1.54) is 51.4 Å². The van der Waals surface area contributed by atoms with Crippen LogP contribution in [-0.2, 0) is 4.79 Å². The van der Waals surface area contributed by atoms with Crippen molar-refractivity contribution >= 4 is 28.4 Å². The molecule has 5 saturated carbocycles. The number of hydrogen-bond donors (Lipinski definition) is 3. The molecular weight excluding hydrogens is 470 g/mol. The quantitative estimate of drug-likeness (QED) is 0.313. The van der Waals surface area contributed by atoms with E-state index >= 15 is 0 Å². The number of H-pyrrole nitrogens is 1. The highest BCUT2D eigenvalue weighted by Crippen LogP contribution is 2.55. The van der Waals surface area contributed by atoms with Crippen molar-refractivity contribution in [1.82, 2.24) is 10.3 Å². The van der Waals surface area contributed by atoms with Crippen LogP contribution in [0.4, 0.5) is 5.69 Å². The summed E-state index contributed by atoms with van der Waals surface area (Å²) >= 11 is 0. The average Bonchev–Trinajstić information content (AvgIpc) is 3.12. The van der Waals surface area contributed by atoms with Crippen LogP contribution in [0.5, 0.6) is 0 Å². The van der Waals surface area contributed by atoms with Crippen LogP contribution in [0.15, 0.2) is 48.5 Å². The summed E-state index contributed by atoms with van der Waals surface area (Å²) in [5.41, 5.74) is 4.72. The number of anilines is 1. The van der Waals surface area contributed by atoms with Crippen LogP contribution in [0.25, 0.3) is 22.2 Å². The third-order valence-electron chi connectivity index (χ3n) is 9.99. The van der Waals surface area contributed by atoms with Crippen molar-refractivity contribution in [3.63, 3.8) is 0 Å².